The van der Waals surface area contributed by atoms with Crippen molar-refractivity contribution in [2.24, 2.45) is 22.0 Å². The van der Waals surface area contributed by atoms with E-state index in [2.05, 4.69) is 0 Å². The van der Waals surface area contributed by atoms with Crippen LogP contribution in [-0.4, -0.2) is 183 Å². The van der Waals surface area contributed by atoms with Crippen molar-refractivity contribution in [1.29, 1.82) is 0 Å². The number of esters is 1. The molecule has 0 spiro atoms. The van der Waals surface area contributed by atoms with Gasteiger partial charge < -0.3 is 67.3 Å². The zero-order valence-electron chi connectivity index (χ0n) is 34.9. The van der Waals surface area contributed by atoms with Gasteiger partial charge in [-0.3, -0.25) is 14.4 Å². The van der Waals surface area contributed by atoms with E-state index in [-0.39, 0.29) is 31.3 Å². The molecule has 1 unspecified atom stereocenters. The number of carbonyl (C=O) groups excluding carboxylic acids is 3. The molecular formula is C39H73NO16. The third-order valence-electron chi connectivity index (χ3n) is 8.95. The maximum atomic E-state index is 12.8. The molecule has 0 saturated heterocycles. The van der Waals surface area contributed by atoms with E-state index < -0.39 is 22.2 Å². The second kappa shape index (κ2) is 33.0. The van der Waals surface area contributed by atoms with Gasteiger partial charge in [0.25, 0.3) is 0 Å². The number of primary amides is 1. The van der Waals surface area contributed by atoms with Crippen LogP contribution in [0.2, 0.25) is 0 Å². The maximum absolute atomic E-state index is 12.8. The van der Waals surface area contributed by atoms with Crippen LogP contribution in [0.4, 0.5) is 0 Å². The van der Waals surface area contributed by atoms with E-state index in [0.29, 0.717) is 165 Å². The lowest BCUT2D eigenvalue weighted by molar-refractivity contribution is -0.158. The Kier molecular flexibility index (Phi) is 30.7. The van der Waals surface area contributed by atoms with E-state index in [1.807, 2.05) is 0 Å². The van der Waals surface area contributed by atoms with E-state index in [0.717, 1.165) is 0 Å². The first kappa shape index (κ1) is 52.1. The van der Waals surface area contributed by atoms with Crippen LogP contribution in [0.5, 0.6) is 0 Å². The average molecular weight is 812 g/mol. The quantitative estimate of drug-likeness (QED) is 0.0693. The van der Waals surface area contributed by atoms with Gasteiger partial charge in [-0.15, -0.1) is 0 Å². The van der Waals surface area contributed by atoms with E-state index >= 15 is 0 Å². The zero-order chi connectivity index (χ0) is 41.2. The normalized spacial score (nSPS) is 14.8. The Balaban J connectivity index is 1.79. The smallest absolute Gasteiger partial charge is 0.311 e. The minimum atomic E-state index is -0.920. The summed E-state index contributed by atoms with van der Waals surface area (Å²) < 4.78 is 70.4. The van der Waals surface area contributed by atoms with Crippen molar-refractivity contribution in [3.63, 3.8) is 0 Å². The molecule has 0 aliphatic heterocycles. The molecule has 56 heavy (non-hydrogen) atoms. The summed E-state index contributed by atoms with van der Waals surface area (Å²) >= 11 is 0. The second-order valence-electron chi connectivity index (χ2n) is 14.4. The summed E-state index contributed by atoms with van der Waals surface area (Å²) in [6, 6.07) is 0. The molecule has 1 rings (SSSR count). The van der Waals surface area contributed by atoms with Crippen molar-refractivity contribution in [2.75, 3.05) is 166 Å². The minimum absolute atomic E-state index is 0.0701. The molecule has 2 N–H and O–H groups in total. The molecule has 1 fully saturated rings. The van der Waals surface area contributed by atoms with Crippen LogP contribution in [0, 0.1) is 16.2 Å². The molecule has 0 heterocycles. The highest BCUT2D eigenvalue weighted by Crippen LogP contribution is 2.55. The van der Waals surface area contributed by atoms with Crippen LogP contribution in [-0.2, 0) is 76.0 Å². The molecule has 330 valence electrons. The SMILES string of the molecule is COCCOCCOCCOCCOCCOCCOCCOCCOCCOCCOCCOCCOC(=O)C(C)(C)CC(C)(CC1(C(N)=O)CC1)C(C)=O. The first-order valence-corrected chi connectivity index (χ1v) is 19.8. The number of rotatable bonds is 43. The number of ether oxygens (including phenoxy) is 13. The predicted molar refractivity (Wildman–Crippen MR) is 205 cm³/mol. The number of hydrogen-bond acceptors (Lipinski definition) is 16. The first-order chi connectivity index (χ1) is 27.0. The zero-order valence-corrected chi connectivity index (χ0v) is 34.9. The number of carbonyl (C=O) groups is 3. The molecule has 17 nitrogen and oxygen atoms in total. The molecule has 1 saturated carbocycles. The molecule has 17 heteroatoms. The summed E-state index contributed by atoms with van der Waals surface area (Å²) in [7, 11) is 1.64. The van der Waals surface area contributed by atoms with Crippen molar-refractivity contribution in [1.82, 2.24) is 0 Å². The number of nitrogens with two attached hydrogens (primary N) is 1. The number of methoxy groups -OCH3 is 1. The molecule has 0 aromatic heterocycles. The maximum Gasteiger partial charge on any atom is 0.311 e. The van der Waals surface area contributed by atoms with Crippen molar-refractivity contribution in [2.45, 2.75) is 53.4 Å². The molecule has 0 bridgehead atoms. The summed E-state index contributed by atoms with van der Waals surface area (Å²) in [5.41, 5.74) is 3.18. The summed E-state index contributed by atoms with van der Waals surface area (Å²) in [5, 5.41) is 0. The summed E-state index contributed by atoms with van der Waals surface area (Å²) in [6.45, 7) is 17.7. The summed E-state index contributed by atoms with van der Waals surface area (Å²) in [5.74, 6) is -0.870. The lowest BCUT2D eigenvalue weighted by atomic mass is 9.67. The topological polar surface area (TPSA) is 197 Å². The Morgan fingerprint density at radius 2 is 0.750 bits per heavy atom. The monoisotopic (exact) mass is 811 g/mol. The van der Waals surface area contributed by atoms with E-state index in [4.69, 9.17) is 67.3 Å². The van der Waals surface area contributed by atoms with Gasteiger partial charge in [0.2, 0.25) is 5.91 Å². The van der Waals surface area contributed by atoms with Crippen LogP contribution >= 0.6 is 0 Å². The van der Waals surface area contributed by atoms with Crippen LogP contribution in [0.1, 0.15) is 53.4 Å². The van der Waals surface area contributed by atoms with Gasteiger partial charge in [-0.1, -0.05) is 6.92 Å². The molecule has 1 atom stereocenters. The van der Waals surface area contributed by atoms with Crippen LogP contribution in [0.25, 0.3) is 0 Å². The largest absolute Gasteiger partial charge is 0.463 e. The highest BCUT2D eigenvalue weighted by molar-refractivity contribution is 5.87. The third-order valence-corrected chi connectivity index (χ3v) is 8.95. The van der Waals surface area contributed by atoms with E-state index in [1.165, 1.54) is 6.92 Å². The standard InChI is InChI=1S/C39H73NO16/c1-34(41)38(4,33-39(6-7-39)35(40)42)32-37(2,3)36(43)56-31-30-55-29-28-54-27-26-53-25-24-52-23-22-51-21-20-50-19-18-49-17-16-48-15-14-47-13-12-46-11-10-45-9-8-44-5/h6-33H2,1-5H3,(H2,40,42). The van der Waals surface area contributed by atoms with Crippen molar-refractivity contribution in [3.05, 3.63) is 0 Å². The van der Waals surface area contributed by atoms with Gasteiger partial charge in [0, 0.05) is 17.9 Å². The Labute approximate surface area is 334 Å². The van der Waals surface area contributed by atoms with Crippen molar-refractivity contribution >= 4 is 17.7 Å². The van der Waals surface area contributed by atoms with E-state index in [9.17, 15) is 14.4 Å². The van der Waals surface area contributed by atoms with Gasteiger partial charge in [-0.25, -0.2) is 0 Å². The Morgan fingerprint density at radius 1 is 0.482 bits per heavy atom. The molecule has 0 radical (unpaired) electrons. The van der Waals surface area contributed by atoms with Gasteiger partial charge in [0.1, 0.15) is 12.4 Å². The van der Waals surface area contributed by atoms with Crippen LogP contribution in [0.15, 0.2) is 0 Å². The van der Waals surface area contributed by atoms with Crippen molar-refractivity contribution in [3.8, 4) is 0 Å². The fourth-order valence-electron chi connectivity index (χ4n) is 5.60. The second-order valence-corrected chi connectivity index (χ2v) is 14.4. The molecule has 1 aliphatic rings. The first-order valence-electron chi connectivity index (χ1n) is 19.8. The predicted octanol–water partition coefficient (Wildman–Crippen LogP) is 2.03. The molecule has 1 amide bonds. The Bertz CT molecular complexity index is 998. The summed E-state index contributed by atoms with van der Waals surface area (Å²) in [4.78, 5) is 37.3. The summed E-state index contributed by atoms with van der Waals surface area (Å²) in [6.07, 6.45) is 1.96. The molecular weight excluding hydrogens is 738 g/mol. The average Bonchev–Trinajstić information content (AvgIpc) is 3.94. The number of amides is 1. The van der Waals surface area contributed by atoms with Gasteiger partial charge in [-0.05, 0) is 46.5 Å². The molecule has 0 aromatic rings. The number of Topliss-reactive ketones (excluding diaryl/α,β-unsaturated/α-hetero) is 1. The lowest BCUT2D eigenvalue weighted by Gasteiger charge is -2.36. The number of hydrogen-bond donors (Lipinski definition) is 1. The van der Waals surface area contributed by atoms with Crippen molar-refractivity contribution < 1.29 is 76.0 Å². The van der Waals surface area contributed by atoms with Gasteiger partial charge in [0.05, 0.1) is 157 Å². The fourth-order valence-corrected chi connectivity index (χ4v) is 5.60. The lowest BCUT2D eigenvalue weighted by Crippen LogP contribution is -2.41. The van der Waals surface area contributed by atoms with Crippen LogP contribution < -0.4 is 5.73 Å². The Morgan fingerprint density at radius 3 is 0.982 bits per heavy atom. The number of ketones is 1. The minimum Gasteiger partial charge on any atom is -0.463 e. The molecule has 1 aliphatic carbocycles. The fraction of sp³-hybridized carbons (Fsp3) is 0.923. The Hall–Kier alpha value is -1.87. The van der Waals surface area contributed by atoms with Gasteiger partial charge in [0.15, 0.2) is 0 Å². The van der Waals surface area contributed by atoms with Gasteiger partial charge in [-0.2, -0.15) is 0 Å². The highest BCUT2D eigenvalue weighted by Gasteiger charge is 2.55. The molecule has 0 aromatic carbocycles. The van der Waals surface area contributed by atoms with E-state index in [1.54, 1.807) is 27.9 Å². The highest BCUT2D eigenvalue weighted by atomic mass is 16.6. The third kappa shape index (κ3) is 26.9. The van der Waals surface area contributed by atoms with Crippen LogP contribution in [0.3, 0.4) is 0 Å². The van der Waals surface area contributed by atoms with Gasteiger partial charge >= 0.3 is 5.97 Å².